The second-order valence-corrected chi connectivity index (χ2v) is 3.64. The first-order valence-electron chi connectivity index (χ1n) is 3.72. The van der Waals surface area contributed by atoms with Crippen LogP contribution < -0.4 is 0 Å². The van der Waals surface area contributed by atoms with Gasteiger partial charge in [0, 0.05) is 0 Å². The third kappa shape index (κ3) is 1.80. The maximum absolute atomic E-state index is 13.3. The standard InChI is InChI=1S/C8H10BrFN2/c1-4(2)7-6(10)5(3)11-8(9)12-7/h4H,1-3H3. The first-order chi connectivity index (χ1) is 5.52. The van der Waals surface area contributed by atoms with Crippen LogP contribution in [0.4, 0.5) is 4.39 Å². The van der Waals surface area contributed by atoms with Gasteiger partial charge in [0.25, 0.3) is 0 Å². The van der Waals surface area contributed by atoms with Crippen LogP contribution in [0.2, 0.25) is 0 Å². The number of hydrogen-bond acceptors (Lipinski definition) is 2. The minimum Gasteiger partial charge on any atom is -0.224 e. The van der Waals surface area contributed by atoms with Crippen LogP contribution in [0.25, 0.3) is 0 Å². The molecular weight excluding hydrogens is 223 g/mol. The molecule has 0 aliphatic carbocycles. The van der Waals surface area contributed by atoms with Gasteiger partial charge >= 0.3 is 0 Å². The van der Waals surface area contributed by atoms with Gasteiger partial charge in [-0.15, -0.1) is 0 Å². The van der Waals surface area contributed by atoms with Crippen LogP contribution in [0.3, 0.4) is 0 Å². The molecule has 0 saturated carbocycles. The normalized spacial score (nSPS) is 10.8. The van der Waals surface area contributed by atoms with Gasteiger partial charge in [0.1, 0.15) is 0 Å². The van der Waals surface area contributed by atoms with Crippen molar-refractivity contribution in [3.05, 3.63) is 21.9 Å². The largest absolute Gasteiger partial charge is 0.224 e. The van der Waals surface area contributed by atoms with Crippen LogP contribution in [0, 0.1) is 12.7 Å². The average molecular weight is 233 g/mol. The van der Waals surface area contributed by atoms with Crippen molar-refractivity contribution < 1.29 is 4.39 Å². The van der Waals surface area contributed by atoms with Crippen molar-refractivity contribution in [2.24, 2.45) is 0 Å². The first-order valence-corrected chi connectivity index (χ1v) is 4.51. The maximum Gasteiger partial charge on any atom is 0.197 e. The van der Waals surface area contributed by atoms with Gasteiger partial charge in [-0.05, 0) is 28.8 Å². The molecule has 1 rings (SSSR count). The summed E-state index contributed by atoms with van der Waals surface area (Å²) >= 11 is 3.13. The smallest absolute Gasteiger partial charge is 0.197 e. The number of halogens is 2. The van der Waals surface area contributed by atoms with E-state index in [2.05, 4.69) is 25.9 Å². The Morgan fingerprint density at radius 2 is 1.92 bits per heavy atom. The van der Waals surface area contributed by atoms with E-state index in [-0.39, 0.29) is 11.7 Å². The van der Waals surface area contributed by atoms with Gasteiger partial charge in [-0.1, -0.05) is 13.8 Å². The molecule has 66 valence electrons. The van der Waals surface area contributed by atoms with E-state index < -0.39 is 0 Å². The Kier molecular flexibility index (Phi) is 2.77. The van der Waals surface area contributed by atoms with Crippen LogP contribution in [0.5, 0.6) is 0 Å². The lowest BCUT2D eigenvalue weighted by atomic mass is 10.1. The Bertz CT molecular complexity index is 299. The Morgan fingerprint density at radius 3 is 2.42 bits per heavy atom. The van der Waals surface area contributed by atoms with Gasteiger partial charge in [0.05, 0.1) is 11.4 Å². The lowest BCUT2D eigenvalue weighted by Gasteiger charge is -2.07. The third-order valence-corrected chi connectivity index (χ3v) is 1.92. The summed E-state index contributed by atoms with van der Waals surface area (Å²) in [6.07, 6.45) is 0. The van der Waals surface area contributed by atoms with Gasteiger partial charge in [-0.25, -0.2) is 14.4 Å². The highest BCUT2D eigenvalue weighted by Crippen LogP contribution is 2.19. The molecule has 12 heavy (non-hydrogen) atoms. The van der Waals surface area contributed by atoms with Crippen molar-refractivity contribution in [3.8, 4) is 0 Å². The van der Waals surface area contributed by atoms with E-state index in [1.807, 2.05) is 13.8 Å². The number of nitrogens with zero attached hydrogens (tertiary/aromatic N) is 2. The first kappa shape index (κ1) is 9.58. The molecular formula is C8H10BrFN2. The summed E-state index contributed by atoms with van der Waals surface area (Å²) < 4.78 is 13.7. The zero-order chi connectivity index (χ0) is 9.30. The fourth-order valence-corrected chi connectivity index (χ4v) is 1.39. The SMILES string of the molecule is Cc1nc(Br)nc(C(C)C)c1F. The van der Waals surface area contributed by atoms with Crippen molar-refractivity contribution in [3.63, 3.8) is 0 Å². The highest BCUT2D eigenvalue weighted by Gasteiger charge is 2.12. The van der Waals surface area contributed by atoms with E-state index in [0.717, 1.165) is 0 Å². The number of hydrogen-bond donors (Lipinski definition) is 0. The maximum atomic E-state index is 13.3. The average Bonchev–Trinajstić information content (AvgIpc) is 1.96. The summed E-state index contributed by atoms with van der Waals surface area (Å²) in [5, 5.41) is 0. The molecule has 0 N–H and O–H groups in total. The lowest BCUT2D eigenvalue weighted by molar-refractivity contribution is 0.563. The number of aromatic nitrogens is 2. The Hall–Kier alpha value is -0.510. The second-order valence-electron chi connectivity index (χ2n) is 2.93. The van der Waals surface area contributed by atoms with Crippen molar-refractivity contribution >= 4 is 15.9 Å². The van der Waals surface area contributed by atoms with Gasteiger partial charge < -0.3 is 0 Å². The summed E-state index contributed by atoms with van der Waals surface area (Å²) in [4.78, 5) is 7.81. The fourth-order valence-electron chi connectivity index (χ4n) is 0.929. The number of rotatable bonds is 1. The summed E-state index contributed by atoms with van der Waals surface area (Å²) in [7, 11) is 0. The highest BCUT2D eigenvalue weighted by molar-refractivity contribution is 9.10. The molecule has 0 amide bonds. The molecule has 0 unspecified atom stereocenters. The predicted octanol–water partition coefficient (Wildman–Crippen LogP) is 2.81. The molecule has 1 aromatic rings. The molecule has 2 nitrogen and oxygen atoms in total. The summed E-state index contributed by atoms with van der Waals surface area (Å²) in [5.74, 6) is -0.212. The minimum absolute atomic E-state index is 0.0861. The molecule has 1 aromatic heterocycles. The monoisotopic (exact) mass is 232 g/mol. The van der Waals surface area contributed by atoms with Crippen LogP contribution in [0.15, 0.2) is 4.73 Å². The van der Waals surface area contributed by atoms with Crippen LogP contribution in [0.1, 0.15) is 31.2 Å². The molecule has 4 heteroatoms. The lowest BCUT2D eigenvalue weighted by Crippen LogP contribution is -2.03. The fraction of sp³-hybridized carbons (Fsp3) is 0.500. The van der Waals surface area contributed by atoms with Crippen molar-refractivity contribution in [2.45, 2.75) is 26.7 Å². The van der Waals surface area contributed by atoms with Crippen molar-refractivity contribution in [1.29, 1.82) is 0 Å². The van der Waals surface area contributed by atoms with E-state index in [4.69, 9.17) is 0 Å². The topological polar surface area (TPSA) is 25.8 Å². The molecule has 0 aromatic carbocycles. The summed E-state index contributed by atoms with van der Waals surface area (Å²) in [5.41, 5.74) is 0.856. The van der Waals surface area contributed by atoms with Gasteiger partial charge in [0.2, 0.25) is 0 Å². The molecule has 0 aliphatic heterocycles. The Labute approximate surface area is 79.4 Å². The summed E-state index contributed by atoms with van der Waals surface area (Å²) in [6, 6.07) is 0. The molecule has 0 aliphatic rings. The quantitative estimate of drug-likeness (QED) is 0.697. The van der Waals surface area contributed by atoms with Gasteiger partial charge in [-0.2, -0.15) is 0 Å². The minimum atomic E-state index is -0.298. The van der Waals surface area contributed by atoms with E-state index in [1.54, 1.807) is 6.92 Å². The van der Waals surface area contributed by atoms with E-state index in [9.17, 15) is 4.39 Å². The van der Waals surface area contributed by atoms with Crippen LogP contribution >= 0.6 is 15.9 Å². The van der Waals surface area contributed by atoms with Crippen LogP contribution in [-0.4, -0.2) is 9.97 Å². The second kappa shape index (κ2) is 3.47. The Morgan fingerprint density at radius 1 is 1.33 bits per heavy atom. The Balaban J connectivity index is 3.28. The molecule has 0 saturated heterocycles. The van der Waals surface area contributed by atoms with E-state index >= 15 is 0 Å². The van der Waals surface area contributed by atoms with E-state index in [1.165, 1.54) is 0 Å². The number of aryl methyl sites for hydroxylation is 1. The molecule has 0 bridgehead atoms. The molecule has 0 spiro atoms. The van der Waals surface area contributed by atoms with Crippen molar-refractivity contribution in [1.82, 2.24) is 9.97 Å². The predicted molar refractivity (Wildman–Crippen MR) is 48.5 cm³/mol. The third-order valence-electron chi connectivity index (χ3n) is 1.56. The summed E-state index contributed by atoms with van der Waals surface area (Å²) in [6.45, 7) is 5.43. The van der Waals surface area contributed by atoms with Crippen LogP contribution in [-0.2, 0) is 0 Å². The molecule has 1 heterocycles. The molecule has 0 radical (unpaired) electrons. The van der Waals surface area contributed by atoms with Gasteiger partial charge in [-0.3, -0.25) is 0 Å². The van der Waals surface area contributed by atoms with Gasteiger partial charge in [0.15, 0.2) is 10.6 Å². The van der Waals surface area contributed by atoms with Crippen molar-refractivity contribution in [2.75, 3.05) is 0 Å². The zero-order valence-electron chi connectivity index (χ0n) is 7.23. The molecule has 0 atom stereocenters. The molecule has 0 fully saturated rings. The van der Waals surface area contributed by atoms with E-state index in [0.29, 0.717) is 16.1 Å². The zero-order valence-corrected chi connectivity index (χ0v) is 8.81. The highest BCUT2D eigenvalue weighted by atomic mass is 79.9.